The van der Waals surface area contributed by atoms with Crippen molar-refractivity contribution < 1.29 is 4.79 Å². The Balaban J connectivity index is 1.63. The van der Waals surface area contributed by atoms with Crippen LogP contribution in [0, 0.1) is 6.92 Å². The highest BCUT2D eigenvalue weighted by atomic mass is 16.2. The Morgan fingerprint density at radius 3 is 3.05 bits per heavy atom. The molecule has 0 aromatic carbocycles. The van der Waals surface area contributed by atoms with Crippen LogP contribution in [0.3, 0.4) is 0 Å². The molecule has 1 saturated heterocycles. The topological polar surface area (TPSA) is 51.0 Å². The maximum atomic E-state index is 12.4. The lowest BCUT2D eigenvalue weighted by atomic mass is 10.0. The quantitative estimate of drug-likeness (QED) is 0.866. The summed E-state index contributed by atoms with van der Waals surface area (Å²) in [5.74, 6) is 0.178. The Bertz CT molecular complexity index is 591. The van der Waals surface area contributed by atoms with Crippen molar-refractivity contribution in [2.45, 2.75) is 32.2 Å². The predicted molar refractivity (Wildman–Crippen MR) is 79.8 cm³/mol. The van der Waals surface area contributed by atoms with Crippen LogP contribution in [0.25, 0.3) is 0 Å². The number of pyridine rings is 1. The third kappa shape index (κ3) is 3.29. The van der Waals surface area contributed by atoms with Gasteiger partial charge in [-0.1, -0.05) is 6.07 Å². The molecule has 5 nitrogen and oxygen atoms in total. The van der Waals surface area contributed by atoms with Gasteiger partial charge < -0.3 is 4.90 Å². The van der Waals surface area contributed by atoms with Gasteiger partial charge in [-0.05, 0) is 37.5 Å². The van der Waals surface area contributed by atoms with Gasteiger partial charge in [0.25, 0.3) is 0 Å². The van der Waals surface area contributed by atoms with Crippen LogP contribution in [0.1, 0.15) is 30.1 Å². The van der Waals surface area contributed by atoms with Crippen molar-refractivity contribution in [3.05, 3.63) is 48.0 Å². The van der Waals surface area contributed by atoms with Crippen LogP contribution in [0.15, 0.2) is 36.8 Å². The maximum absolute atomic E-state index is 12.4. The molecule has 2 aromatic heterocycles. The largest absolute Gasteiger partial charge is 0.340 e. The molecule has 1 atom stereocenters. The highest BCUT2D eigenvalue weighted by Gasteiger charge is 2.24. The first kappa shape index (κ1) is 13.8. The summed E-state index contributed by atoms with van der Waals surface area (Å²) >= 11 is 0. The number of nitrogens with zero attached hydrogens (tertiary/aromatic N) is 4. The standard InChI is InChI=1S/C16H20N4O/c1-13-5-6-14(11-17-13)10-16(21)19-8-2-4-15(12-19)20-9-3-7-18-20/h3,5-7,9,11,15H,2,4,8,10,12H2,1H3. The lowest BCUT2D eigenvalue weighted by Gasteiger charge is -2.33. The molecule has 3 heterocycles. The summed E-state index contributed by atoms with van der Waals surface area (Å²) < 4.78 is 1.97. The van der Waals surface area contributed by atoms with E-state index in [1.807, 2.05) is 40.9 Å². The number of amides is 1. The molecule has 1 fully saturated rings. The van der Waals surface area contributed by atoms with E-state index in [-0.39, 0.29) is 5.91 Å². The fraction of sp³-hybridized carbons (Fsp3) is 0.438. The SMILES string of the molecule is Cc1ccc(CC(=O)N2CCCC(n3cccn3)C2)cn1. The van der Waals surface area contributed by atoms with Crippen molar-refractivity contribution in [3.8, 4) is 0 Å². The first-order valence-electron chi connectivity index (χ1n) is 7.41. The van der Waals surface area contributed by atoms with Gasteiger partial charge in [-0.25, -0.2) is 0 Å². The van der Waals surface area contributed by atoms with Crippen LogP contribution >= 0.6 is 0 Å². The van der Waals surface area contributed by atoms with Gasteiger partial charge in [-0.3, -0.25) is 14.5 Å². The van der Waals surface area contributed by atoms with E-state index in [1.54, 1.807) is 12.4 Å². The zero-order valence-corrected chi connectivity index (χ0v) is 12.3. The minimum Gasteiger partial charge on any atom is -0.340 e. The van der Waals surface area contributed by atoms with Gasteiger partial charge in [0.1, 0.15) is 0 Å². The average Bonchev–Trinajstić information content (AvgIpc) is 3.04. The van der Waals surface area contributed by atoms with E-state index in [1.165, 1.54) is 0 Å². The van der Waals surface area contributed by atoms with E-state index in [9.17, 15) is 4.79 Å². The van der Waals surface area contributed by atoms with Crippen molar-refractivity contribution in [1.29, 1.82) is 0 Å². The van der Waals surface area contributed by atoms with Gasteiger partial charge >= 0.3 is 0 Å². The number of hydrogen-bond acceptors (Lipinski definition) is 3. The highest BCUT2D eigenvalue weighted by Crippen LogP contribution is 2.21. The van der Waals surface area contributed by atoms with Crippen molar-refractivity contribution in [1.82, 2.24) is 19.7 Å². The Kier molecular flexibility index (Phi) is 3.99. The number of rotatable bonds is 3. The Labute approximate surface area is 124 Å². The number of carbonyl (C=O) groups excluding carboxylic acids is 1. The van der Waals surface area contributed by atoms with E-state index in [2.05, 4.69) is 10.1 Å². The third-order valence-electron chi connectivity index (χ3n) is 3.98. The van der Waals surface area contributed by atoms with Crippen LogP contribution in [-0.4, -0.2) is 38.7 Å². The maximum Gasteiger partial charge on any atom is 0.227 e. The fourth-order valence-corrected chi connectivity index (χ4v) is 2.78. The molecule has 5 heteroatoms. The van der Waals surface area contributed by atoms with Crippen LogP contribution in [0.4, 0.5) is 0 Å². The van der Waals surface area contributed by atoms with Crippen molar-refractivity contribution in [3.63, 3.8) is 0 Å². The number of piperidine rings is 1. The lowest BCUT2D eigenvalue weighted by Crippen LogP contribution is -2.41. The summed E-state index contributed by atoms with van der Waals surface area (Å²) in [4.78, 5) is 18.6. The molecule has 1 unspecified atom stereocenters. The van der Waals surface area contributed by atoms with E-state index in [0.717, 1.165) is 37.2 Å². The molecule has 1 aliphatic heterocycles. The predicted octanol–water partition coefficient (Wildman–Crippen LogP) is 1.99. The Morgan fingerprint density at radius 2 is 2.33 bits per heavy atom. The van der Waals surface area contributed by atoms with Gasteiger partial charge in [0, 0.05) is 37.4 Å². The van der Waals surface area contributed by atoms with Gasteiger partial charge in [0.05, 0.1) is 12.5 Å². The summed E-state index contributed by atoms with van der Waals surface area (Å²) in [7, 11) is 0. The molecular weight excluding hydrogens is 264 g/mol. The molecule has 2 aromatic rings. The van der Waals surface area contributed by atoms with Crippen LogP contribution in [0.2, 0.25) is 0 Å². The molecule has 3 rings (SSSR count). The van der Waals surface area contributed by atoms with Crippen molar-refractivity contribution in [2.75, 3.05) is 13.1 Å². The van der Waals surface area contributed by atoms with E-state index in [0.29, 0.717) is 12.5 Å². The molecule has 0 N–H and O–H groups in total. The summed E-state index contributed by atoms with van der Waals surface area (Å²) in [6, 6.07) is 6.16. The van der Waals surface area contributed by atoms with E-state index in [4.69, 9.17) is 0 Å². The number of likely N-dealkylation sites (tertiary alicyclic amines) is 1. The monoisotopic (exact) mass is 284 g/mol. The molecule has 110 valence electrons. The molecule has 0 aliphatic carbocycles. The third-order valence-corrected chi connectivity index (χ3v) is 3.98. The Hall–Kier alpha value is -2.17. The van der Waals surface area contributed by atoms with Gasteiger partial charge in [0.2, 0.25) is 5.91 Å². The van der Waals surface area contributed by atoms with Crippen LogP contribution in [-0.2, 0) is 11.2 Å². The Morgan fingerprint density at radius 1 is 1.43 bits per heavy atom. The fourth-order valence-electron chi connectivity index (χ4n) is 2.78. The molecule has 21 heavy (non-hydrogen) atoms. The average molecular weight is 284 g/mol. The highest BCUT2D eigenvalue weighted by molar-refractivity contribution is 5.78. The number of hydrogen-bond donors (Lipinski definition) is 0. The second-order valence-electron chi connectivity index (χ2n) is 5.61. The number of carbonyl (C=O) groups is 1. The van der Waals surface area contributed by atoms with E-state index >= 15 is 0 Å². The summed E-state index contributed by atoms with van der Waals surface area (Å²) in [6.45, 7) is 3.54. The van der Waals surface area contributed by atoms with Crippen molar-refractivity contribution >= 4 is 5.91 Å². The van der Waals surface area contributed by atoms with E-state index < -0.39 is 0 Å². The smallest absolute Gasteiger partial charge is 0.227 e. The number of aromatic nitrogens is 3. The second-order valence-corrected chi connectivity index (χ2v) is 5.61. The zero-order chi connectivity index (χ0) is 14.7. The first-order valence-corrected chi connectivity index (χ1v) is 7.41. The normalized spacial score (nSPS) is 18.7. The van der Waals surface area contributed by atoms with Crippen LogP contribution in [0.5, 0.6) is 0 Å². The summed E-state index contributed by atoms with van der Waals surface area (Å²) in [5.41, 5.74) is 1.95. The molecule has 0 spiro atoms. The summed E-state index contributed by atoms with van der Waals surface area (Å²) in [5, 5.41) is 4.30. The molecular formula is C16H20N4O. The summed E-state index contributed by atoms with van der Waals surface area (Å²) in [6.07, 6.45) is 8.10. The molecule has 0 radical (unpaired) electrons. The van der Waals surface area contributed by atoms with Gasteiger partial charge in [0.15, 0.2) is 0 Å². The lowest BCUT2D eigenvalue weighted by molar-refractivity contribution is -0.132. The molecule has 0 bridgehead atoms. The second kappa shape index (κ2) is 6.08. The van der Waals surface area contributed by atoms with Gasteiger partial charge in [-0.2, -0.15) is 5.10 Å². The molecule has 0 saturated carbocycles. The number of aryl methyl sites for hydroxylation is 1. The van der Waals surface area contributed by atoms with Crippen LogP contribution < -0.4 is 0 Å². The first-order chi connectivity index (χ1) is 10.2. The minimum absolute atomic E-state index is 0.178. The molecule has 1 amide bonds. The zero-order valence-electron chi connectivity index (χ0n) is 12.3. The minimum atomic E-state index is 0.178. The molecule has 1 aliphatic rings. The van der Waals surface area contributed by atoms with Gasteiger partial charge in [-0.15, -0.1) is 0 Å². The van der Waals surface area contributed by atoms with Crippen molar-refractivity contribution in [2.24, 2.45) is 0 Å².